The summed E-state index contributed by atoms with van der Waals surface area (Å²) in [6.07, 6.45) is 7.04. The van der Waals surface area contributed by atoms with E-state index in [0.717, 1.165) is 75.7 Å². The molecule has 7 rings (SSSR count). The summed E-state index contributed by atoms with van der Waals surface area (Å²) >= 11 is 0. The normalized spacial score (nSPS) is 15.7. The molecule has 3 aliphatic rings. The fraction of sp³-hybridized carbons (Fsp3) is 0.404. The molecule has 0 atom stereocenters. The van der Waals surface area contributed by atoms with Crippen LogP contribution in [0.5, 0.6) is 0 Å². The van der Waals surface area contributed by atoms with Gasteiger partial charge in [0.15, 0.2) is 0 Å². The summed E-state index contributed by atoms with van der Waals surface area (Å²) in [6, 6.07) is 24.2. The molecule has 0 bridgehead atoms. The van der Waals surface area contributed by atoms with Crippen LogP contribution in [0.1, 0.15) is 111 Å². The number of urea groups is 1. The quantitative estimate of drug-likeness (QED) is 0.0994. The van der Waals surface area contributed by atoms with Crippen LogP contribution < -0.4 is 26.2 Å². The molecule has 2 aliphatic heterocycles. The van der Waals surface area contributed by atoms with E-state index in [-0.39, 0.29) is 48.0 Å². The van der Waals surface area contributed by atoms with E-state index in [2.05, 4.69) is 36.8 Å². The third-order valence-electron chi connectivity index (χ3n) is 12.2. The molecule has 0 radical (unpaired) electrons. The molecule has 14 heteroatoms. The van der Waals surface area contributed by atoms with E-state index in [1.54, 1.807) is 37.2 Å². The minimum atomic E-state index is -0.486. The van der Waals surface area contributed by atoms with Crippen LogP contribution in [0.15, 0.2) is 78.9 Å². The highest BCUT2D eigenvalue weighted by Gasteiger charge is 2.48. The lowest BCUT2D eigenvalue weighted by Gasteiger charge is -2.53. The third kappa shape index (κ3) is 9.86. The van der Waals surface area contributed by atoms with Crippen molar-refractivity contribution in [1.29, 1.82) is 0 Å². The second-order valence-corrected chi connectivity index (χ2v) is 16.6. The average Bonchev–Trinajstić information content (AvgIpc) is 3.67. The molecule has 1 spiro atoms. The number of fused-ring (bicyclic) bond motifs is 2. The summed E-state index contributed by atoms with van der Waals surface area (Å²) in [5, 5.41) is 11.3. The van der Waals surface area contributed by atoms with E-state index in [9.17, 15) is 28.8 Å². The molecular weight excluding hydrogens is 773 g/mol. The maximum absolute atomic E-state index is 13.5. The van der Waals surface area contributed by atoms with Crippen LogP contribution in [-0.2, 0) is 34.8 Å². The van der Waals surface area contributed by atoms with Gasteiger partial charge in [0.1, 0.15) is 5.69 Å². The minimum absolute atomic E-state index is 0.00592. The maximum Gasteiger partial charge on any atom is 0.328 e. The van der Waals surface area contributed by atoms with Gasteiger partial charge in [0, 0.05) is 94.4 Å². The number of aryl methyl sites for hydroxylation is 1. The molecule has 61 heavy (non-hydrogen) atoms. The van der Waals surface area contributed by atoms with Crippen molar-refractivity contribution in [2.24, 2.45) is 0 Å². The molecule has 3 aromatic carbocycles. The number of hydrogen-bond donors (Lipinski definition) is 4. The lowest BCUT2D eigenvalue weighted by molar-refractivity contribution is -0.120. The molecule has 1 aliphatic carbocycles. The molecule has 4 N–H and O–H groups in total. The van der Waals surface area contributed by atoms with Gasteiger partial charge in [0.25, 0.3) is 17.7 Å². The topological polar surface area (TPSA) is 165 Å². The first-order chi connectivity index (χ1) is 29.4. The van der Waals surface area contributed by atoms with E-state index in [1.165, 1.54) is 16.2 Å². The van der Waals surface area contributed by atoms with Crippen molar-refractivity contribution in [2.75, 3.05) is 43.9 Å². The second kappa shape index (κ2) is 19.0. The third-order valence-corrected chi connectivity index (χ3v) is 12.2. The molecule has 3 heterocycles. The predicted molar refractivity (Wildman–Crippen MR) is 233 cm³/mol. The molecule has 4 aromatic rings. The van der Waals surface area contributed by atoms with Crippen LogP contribution in [0.2, 0.25) is 0 Å². The van der Waals surface area contributed by atoms with Crippen LogP contribution in [-0.4, -0.2) is 83.7 Å². The van der Waals surface area contributed by atoms with Crippen LogP contribution in [0.4, 0.5) is 16.2 Å². The van der Waals surface area contributed by atoms with Gasteiger partial charge in [0.2, 0.25) is 11.8 Å². The average molecular weight is 829 g/mol. The number of anilines is 2. The Kier molecular flexibility index (Phi) is 13.3. The molecule has 0 unspecified atom stereocenters. The molecule has 1 saturated heterocycles. The number of nitrogens with one attached hydrogen (secondary N) is 4. The van der Waals surface area contributed by atoms with Gasteiger partial charge >= 0.3 is 6.03 Å². The predicted octanol–water partition coefficient (Wildman–Crippen LogP) is 6.09. The standard InChI is InChI=1S/C47H56N8O6/c1-32-10-15-36(29-39(32)55-26-22-42(57)51-46(55)61)43(58)48-25-7-5-4-6-9-41(56)50-37-18-13-33(14-19-37)30-49-44(59)38-20-21-40-47(23-8-24-47)53(27-28-54(38)40)31-34-11-16-35(17-12-34)45(60)52(2)3/h10-21,29H,4-9,22-28,30-31H2,1-3H3,(H,48,58)(H,49,59)(H,50,56)(H,51,57,61). The fourth-order valence-electron chi connectivity index (χ4n) is 8.56. The van der Waals surface area contributed by atoms with E-state index < -0.39 is 6.03 Å². The van der Waals surface area contributed by atoms with Gasteiger partial charge in [-0.3, -0.25) is 39.1 Å². The highest BCUT2D eigenvalue weighted by Crippen LogP contribution is 2.49. The molecule has 1 saturated carbocycles. The Morgan fingerprint density at radius 2 is 1.49 bits per heavy atom. The first-order valence-corrected chi connectivity index (χ1v) is 21.3. The maximum atomic E-state index is 13.5. The number of imide groups is 1. The number of carbonyl (C=O) groups excluding carboxylic acids is 6. The minimum Gasteiger partial charge on any atom is -0.352 e. The molecule has 14 nitrogen and oxygen atoms in total. The van der Waals surface area contributed by atoms with Crippen molar-refractivity contribution in [3.63, 3.8) is 0 Å². The summed E-state index contributed by atoms with van der Waals surface area (Å²) in [4.78, 5) is 80.8. The number of nitrogens with zero attached hydrogens (tertiary/aromatic N) is 4. The van der Waals surface area contributed by atoms with Crippen LogP contribution >= 0.6 is 0 Å². The van der Waals surface area contributed by atoms with E-state index in [4.69, 9.17) is 0 Å². The van der Waals surface area contributed by atoms with Crippen LogP contribution in [0.25, 0.3) is 0 Å². The number of amides is 7. The van der Waals surface area contributed by atoms with Gasteiger partial charge in [-0.15, -0.1) is 0 Å². The summed E-state index contributed by atoms with van der Waals surface area (Å²) in [6.45, 7) is 5.33. The number of unbranched alkanes of at least 4 members (excludes halogenated alkanes) is 3. The second-order valence-electron chi connectivity index (χ2n) is 16.6. The smallest absolute Gasteiger partial charge is 0.328 e. The van der Waals surface area contributed by atoms with Gasteiger partial charge in [-0.2, -0.15) is 0 Å². The Balaban J connectivity index is 0.802. The van der Waals surface area contributed by atoms with E-state index >= 15 is 0 Å². The lowest BCUT2D eigenvalue weighted by Crippen LogP contribution is -2.56. The van der Waals surface area contributed by atoms with Crippen molar-refractivity contribution in [3.8, 4) is 0 Å². The molecular formula is C47H56N8O6. The summed E-state index contributed by atoms with van der Waals surface area (Å²) in [5.74, 6) is -0.716. The summed E-state index contributed by atoms with van der Waals surface area (Å²) < 4.78 is 2.19. The van der Waals surface area contributed by atoms with Crippen molar-refractivity contribution in [2.45, 2.75) is 89.9 Å². The van der Waals surface area contributed by atoms with Crippen LogP contribution in [0, 0.1) is 6.92 Å². The van der Waals surface area contributed by atoms with Crippen molar-refractivity contribution >= 4 is 46.9 Å². The fourth-order valence-corrected chi connectivity index (χ4v) is 8.56. The highest BCUT2D eigenvalue weighted by atomic mass is 16.2. The van der Waals surface area contributed by atoms with Gasteiger partial charge in [-0.1, -0.05) is 43.2 Å². The number of hydrogen-bond acceptors (Lipinski definition) is 7. The van der Waals surface area contributed by atoms with Gasteiger partial charge < -0.3 is 25.4 Å². The first-order valence-electron chi connectivity index (χ1n) is 21.3. The Labute approximate surface area is 357 Å². The number of aromatic nitrogens is 1. The Morgan fingerprint density at radius 3 is 2.20 bits per heavy atom. The number of rotatable bonds is 16. The monoisotopic (exact) mass is 828 g/mol. The summed E-state index contributed by atoms with van der Waals surface area (Å²) in [5.41, 5.74) is 7.14. The zero-order chi connectivity index (χ0) is 43.1. The zero-order valence-corrected chi connectivity index (χ0v) is 35.4. The lowest BCUT2D eigenvalue weighted by atomic mass is 9.71. The highest BCUT2D eigenvalue weighted by molar-refractivity contribution is 6.06. The van der Waals surface area contributed by atoms with Gasteiger partial charge in [-0.05, 0) is 104 Å². The van der Waals surface area contributed by atoms with Gasteiger partial charge in [-0.25, -0.2) is 4.79 Å². The number of benzene rings is 3. The van der Waals surface area contributed by atoms with E-state index in [0.29, 0.717) is 47.7 Å². The summed E-state index contributed by atoms with van der Waals surface area (Å²) in [7, 11) is 3.52. The Bertz CT molecular complexity index is 2280. The zero-order valence-electron chi connectivity index (χ0n) is 35.4. The van der Waals surface area contributed by atoms with Crippen LogP contribution in [0.3, 0.4) is 0 Å². The SMILES string of the molecule is Cc1ccc(C(=O)NCCCCCCC(=O)Nc2ccc(CNC(=O)c3ccc4n3CCN(Cc3ccc(C(=O)N(C)C)cc3)C43CCC3)cc2)cc1N1CCC(=O)NC1=O. The largest absolute Gasteiger partial charge is 0.352 e. The molecule has 2 fully saturated rings. The van der Waals surface area contributed by atoms with Crippen molar-refractivity contribution < 1.29 is 28.8 Å². The van der Waals surface area contributed by atoms with Crippen molar-refractivity contribution in [1.82, 2.24) is 30.3 Å². The van der Waals surface area contributed by atoms with Gasteiger partial charge in [0.05, 0.1) is 5.54 Å². The molecule has 320 valence electrons. The van der Waals surface area contributed by atoms with E-state index in [1.807, 2.05) is 61.5 Å². The number of carbonyl (C=O) groups is 6. The Morgan fingerprint density at radius 1 is 0.770 bits per heavy atom. The first kappa shape index (κ1) is 42.8. The molecule has 1 aromatic heterocycles. The molecule has 7 amide bonds. The Hall–Kier alpha value is -6.28. The van der Waals surface area contributed by atoms with Crippen molar-refractivity contribution in [3.05, 3.63) is 118 Å².